The van der Waals surface area contributed by atoms with Gasteiger partial charge in [0.25, 0.3) is 0 Å². The third kappa shape index (κ3) is 2.79. The topological polar surface area (TPSA) is 43.6 Å². The minimum Gasteiger partial charge on any atom is -0.338 e. The van der Waals surface area contributed by atoms with Crippen LogP contribution in [0.3, 0.4) is 0 Å². The summed E-state index contributed by atoms with van der Waals surface area (Å²) in [6, 6.07) is 0.876. The Morgan fingerprint density at radius 2 is 2.06 bits per heavy atom. The van der Waals surface area contributed by atoms with Crippen LogP contribution in [0.2, 0.25) is 5.28 Å². The van der Waals surface area contributed by atoms with Crippen LogP contribution in [0.5, 0.6) is 0 Å². The molecular formula is C10H8ClF3N4. The number of imidazole rings is 1. The van der Waals surface area contributed by atoms with Crippen LogP contribution >= 0.6 is 11.6 Å². The molecule has 0 fully saturated rings. The van der Waals surface area contributed by atoms with Gasteiger partial charge in [-0.2, -0.15) is 13.2 Å². The number of nitrogens with zero attached hydrogens (tertiary/aromatic N) is 4. The fourth-order valence-corrected chi connectivity index (χ4v) is 1.63. The molecule has 0 amide bonds. The summed E-state index contributed by atoms with van der Waals surface area (Å²) in [4.78, 5) is 10.9. The molecule has 18 heavy (non-hydrogen) atoms. The van der Waals surface area contributed by atoms with Crippen LogP contribution in [0.4, 0.5) is 13.2 Å². The van der Waals surface area contributed by atoms with E-state index in [0.29, 0.717) is 5.82 Å². The first kappa shape index (κ1) is 12.8. The van der Waals surface area contributed by atoms with Gasteiger partial charge >= 0.3 is 6.18 Å². The van der Waals surface area contributed by atoms with Gasteiger partial charge in [0.15, 0.2) is 0 Å². The van der Waals surface area contributed by atoms with E-state index in [1.54, 1.807) is 24.0 Å². The maximum Gasteiger partial charge on any atom is 0.433 e. The average molecular weight is 277 g/mol. The number of hydrogen-bond donors (Lipinski definition) is 0. The van der Waals surface area contributed by atoms with Gasteiger partial charge in [0, 0.05) is 25.9 Å². The van der Waals surface area contributed by atoms with Gasteiger partial charge in [0.05, 0.1) is 5.69 Å². The summed E-state index contributed by atoms with van der Waals surface area (Å²) in [5.74, 6) is 0.595. The fourth-order valence-electron chi connectivity index (χ4n) is 1.43. The van der Waals surface area contributed by atoms with E-state index in [1.165, 1.54) is 0 Å². The maximum atomic E-state index is 12.5. The van der Waals surface area contributed by atoms with E-state index in [0.717, 1.165) is 6.07 Å². The summed E-state index contributed by atoms with van der Waals surface area (Å²) in [6.45, 7) is 0. The molecular weight excluding hydrogens is 269 g/mol. The summed E-state index contributed by atoms with van der Waals surface area (Å²) >= 11 is 5.49. The first-order valence-corrected chi connectivity index (χ1v) is 5.31. The fraction of sp³-hybridized carbons (Fsp3) is 0.300. The molecule has 0 saturated heterocycles. The quantitative estimate of drug-likeness (QED) is 0.792. The molecule has 0 aliphatic carbocycles. The molecule has 2 aromatic heterocycles. The Hall–Kier alpha value is -1.63. The van der Waals surface area contributed by atoms with E-state index < -0.39 is 17.2 Å². The van der Waals surface area contributed by atoms with Crippen LogP contribution in [0.1, 0.15) is 17.2 Å². The zero-order valence-corrected chi connectivity index (χ0v) is 10.00. The van der Waals surface area contributed by atoms with Gasteiger partial charge in [0.1, 0.15) is 11.5 Å². The van der Waals surface area contributed by atoms with Crippen LogP contribution in [-0.4, -0.2) is 19.5 Å². The van der Waals surface area contributed by atoms with Gasteiger partial charge in [-0.05, 0) is 17.7 Å². The van der Waals surface area contributed by atoms with Gasteiger partial charge in [0.2, 0.25) is 5.28 Å². The lowest BCUT2D eigenvalue weighted by atomic mass is 10.2. The molecule has 0 aliphatic rings. The Balaban J connectivity index is 2.35. The lowest BCUT2D eigenvalue weighted by Crippen LogP contribution is -2.11. The number of aromatic nitrogens is 4. The van der Waals surface area contributed by atoms with E-state index in [2.05, 4.69) is 15.0 Å². The Morgan fingerprint density at radius 1 is 1.33 bits per heavy atom. The molecule has 96 valence electrons. The normalized spacial score (nSPS) is 11.8. The Bertz CT molecular complexity index is 564. The third-order valence-electron chi connectivity index (χ3n) is 2.30. The van der Waals surface area contributed by atoms with Crippen molar-refractivity contribution < 1.29 is 13.2 Å². The van der Waals surface area contributed by atoms with Crippen molar-refractivity contribution in [1.29, 1.82) is 0 Å². The number of aryl methyl sites for hydroxylation is 1. The number of rotatable bonds is 2. The summed E-state index contributed by atoms with van der Waals surface area (Å²) < 4.78 is 39.3. The van der Waals surface area contributed by atoms with Crippen LogP contribution < -0.4 is 0 Å². The monoisotopic (exact) mass is 276 g/mol. The SMILES string of the molecule is Cn1ccnc1Cc1cc(C(F)(F)F)nc(Cl)n1. The third-order valence-corrected chi connectivity index (χ3v) is 2.47. The summed E-state index contributed by atoms with van der Waals surface area (Å²) in [5.41, 5.74) is -0.872. The molecule has 0 N–H and O–H groups in total. The highest BCUT2D eigenvalue weighted by Crippen LogP contribution is 2.28. The minimum atomic E-state index is -4.54. The van der Waals surface area contributed by atoms with Crippen LogP contribution in [0.25, 0.3) is 0 Å². The van der Waals surface area contributed by atoms with Crippen molar-refractivity contribution in [2.45, 2.75) is 12.6 Å². The highest BCUT2D eigenvalue weighted by Gasteiger charge is 2.33. The Morgan fingerprint density at radius 3 is 2.61 bits per heavy atom. The average Bonchev–Trinajstić information content (AvgIpc) is 2.62. The maximum absolute atomic E-state index is 12.5. The molecule has 2 heterocycles. The summed E-state index contributed by atoms with van der Waals surface area (Å²) in [7, 11) is 1.75. The van der Waals surface area contributed by atoms with Crippen LogP contribution in [-0.2, 0) is 19.6 Å². The second-order valence-electron chi connectivity index (χ2n) is 3.64. The molecule has 0 radical (unpaired) electrons. The van der Waals surface area contributed by atoms with Crippen molar-refractivity contribution in [3.63, 3.8) is 0 Å². The summed E-state index contributed by atoms with van der Waals surface area (Å²) in [6.07, 6.45) is -1.12. The number of hydrogen-bond acceptors (Lipinski definition) is 3. The van der Waals surface area contributed by atoms with Crippen molar-refractivity contribution in [1.82, 2.24) is 19.5 Å². The summed E-state index contributed by atoms with van der Waals surface area (Å²) in [5, 5.41) is -0.422. The van der Waals surface area contributed by atoms with Crippen molar-refractivity contribution >= 4 is 11.6 Å². The number of halogens is 4. The van der Waals surface area contributed by atoms with Crippen molar-refractivity contribution in [2.24, 2.45) is 7.05 Å². The smallest absolute Gasteiger partial charge is 0.338 e. The van der Waals surface area contributed by atoms with Gasteiger partial charge in [-0.3, -0.25) is 0 Å². The zero-order valence-electron chi connectivity index (χ0n) is 9.24. The highest BCUT2D eigenvalue weighted by molar-refractivity contribution is 6.28. The predicted molar refractivity (Wildman–Crippen MR) is 58.1 cm³/mol. The molecule has 0 bridgehead atoms. The minimum absolute atomic E-state index is 0.162. The van der Waals surface area contributed by atoms with E-state index in [4.69, 9.17) is 11.6 Å². The molecule has 2 rings (SSSR count). The molecule has 0 aromatic carbocycles. The molecule has 0 spiro atoms. The van der Waals surface area contributed by atoms with Crippen LogP contribution in [0.15, 0.2) is 18.5 Å². The molecule has 4 nitrogen and oxygen atoms in total. The number of alkyl halides is 3. The second kappa shape index (κ2) is 4.56. The molecule has 0 atom stereocenters. The lowest BCUT2D eigenvalue weighted by molar-refractivity contribution is -0.141. The predicted octanol–water partition coefficient (Wildman–Crippen LogP) is 2.47. The Kier molecular flexibility index (Phi) is 3.25. The van der Waals surface area contributed by atoms with Gasteiger partial charge < -0.3 is 4.57 Å². The van der Waals surface area contributed by atoms with Crippen LogP contribution in [0, 0.1) is 0 Å². The van der Waals surface area contributed by atoms with Crippen molar-refractivity contribution in [3.05, 3.63) is 41.0 Å². The first-order valence-electron chi connectivity index (χ1n) is 4.93. The molecule has 0 unspecified atom stereocenters. The van der Waals surface area contributed by atoms with E-state index in [9.17, 15) is 13.2 Å². The second-order valence-corrected chi connectivity index (χ2v) is 3.98. The van der Waals surface area contributed by atoms with E-state index in [-0.39, 0.29) is 12.1 Å². The van der Waals surface area contributed by atoms with Crippen molar-refractivity contribution in [3.8, 4) is 0 Å². The molecule has 0 aliphatic heterocycles. The van der Waals surface area contributed by atoms with E-state index in [1.807, 2.05) is 0 Å². The van der Waals surface area contributed by atoms with E-state index >= 15 is 0 Å². The van der Waals surface area contributed by atoms with Gasteiger partial charge in [-0.25, -0.2) is 15.0 Å². The lowest BCUT2D eigenvalue weighted by Gasteiger charge is -2.08. The van der Waals surface area contributed by atoms with Gasteiger partial charge in [-0.15, -0.1) is 0 Å². The zero-order chi connectivity index (χ0) is 13.3. The largest absolute Gasteiger partial charge is 0.433 e. The molecule has 0 saturated carbocycles. The standard InChI is InChI=1S/C10H8ClF3N4/c1-18-3-2-15-8(18)5-6-4-7(10(12,13)14)17-9(11)16-6/h2-4H,5H2,1H3. The first-order chi connectivity index (χ1) is 8.36. The Labute approximate surface area is 105 Å². The molecule has 2 aromatic rings. The van der Waals surface area contributed by atoms with Crippen molar-refractivity contribution in [2.75, 3.05) is 0 Å². The highest BCUT2D eigenvalue weighted by atomic mass is 35.5. The molecule has 8 heteroatoms. The van der Waals surface area contributed by atoms with Gasteiger partial charge in [-0.1, -0.05) is 0 Å².